The summed E-state index contributed by atoms with van der Waals surface area (Å²) in [6.07, 6.45) is 2.58. The molecule has 2 aromatic carbocycles. The first-order valence-corrected chi connectivity index (χ1v) is 8.61. The molecule has 0 saturated carbocycles. The predicted octanol–water partition coefficient (Wildman–Crippen LogP) is 3.86. The van der Waals surface area contributed by atoms with Crippen molar-refractivity contribution in [2.24, 2.45) is 0 Å². The van der Waals surface area contributed by atoms with E-state index >= 15 is 0 Å². The molecule has 130 valence electrons. The lowest BCUT2D eigenvalue weighted by molar-refractivity contribution is 0.305. The van der Waals surface area contributed by atoms with Crippen LogP contribution in [0.25, 0.3) is 16.7 Å². The monoisotopic (exact) mass is 345 g/mol. The van der Waals surface area contributed by atoms with Gasteiger partial charge in [0.15, 0.2) is 0 Å². The van der Waals surface area contributed by atoms with Gasteiger partial charge in [0.1, 0.15) is 18.2 Å². The minimum Gasteiger partial charge on any atom is -0.489 e. The van der Waals surface area contributed by atoms with E-state index in [1.54, 1.807) is 16.8 Å². The minimum atomic E-state index is -0.134. The molecule has 2 heterocycles. The first-order chi connectivity index (χ1) is 12.7. The number of hydrogen-bond acceptors (Lipinski definition) is 3. The molecule has 5 nitrogen and oxygen atoms in total. The number of nitrogens with one attached hydrogen (secondary N) is 1. The molecule has 5 heteroatoms. The van der Waals surface area contributed by atoms with Gasteiger partial charge >= 0.3 is 0 Å². The fourth-order valence-corrected chi connectivity index (χ4v) is 2.87. The first-order valence-electron chi connectivity index (χ1n) is 8.61. The normalized spacial score (nSPS) is 11.0. The van der Waals surface area contributed by atoms with Crippen molar-refractivity contribution >= 4 is 11.0 Å². The van der Waals surface area contributed by atoms with E-state index in [-0.39, 0.29) is 5.56 Å². The molecule has 0 atom stereocenters. The Kier molecular flexibility index (Phi) is 4.27. The number of pyridine rings is 1. The Bertz CT molecular complexity index is 1100. The van der Waals surface area contributed by atoms with Gasteiger partial charge in [0.2, 0.25) is 0 Å². The highest BCUT2D eigenvalue weighted by molar-refractivity contribution is 5.77. The molecular weight excluding hydrogens is 326 g/mol. The molecule has 0 aliphatic heterocycles. The summed E-state index contributed by atoms with van der Waals surface area (Å²) in [6, 6.07) is 18.9. The van der Waals surface area contributed by atoms with E-state index in [1.165, 1.54) is 6.07 Å². The van der Waals surface area contributed by atoms with E-state index in [1.807, 2.05) is 48.5 Å². The van der Waals surface area contributed by atoms with Crippen molar-refractivity contribution < 1.29 is 4.74 Å². The van der Waals surface area contributed by atoms with E-state index < -0.39 is 0 Å². The van der Waals surface area contributed by atoms with Crippen molar-refractivity contribution in [3.8, 4) is 11.4 Å². The number of fused-ring (bicyclic) bond motifs is 1. The van der Waals surface area contributed by atoms with Crippen LogP contribution in [0, 0.1) is 0 Å². The molecular formula is C21H19N3O2. The summed E-state index contributed by atoms with van der Waals surface area (Å²) >= 11 is 0. The number of imidazole rings is 1. The second-order valence-electron chi connectivity index (χ2n) is 6.08. The van der Waals surface area contributed by atoms with E-state index in [0.29, 0.717) is 12.4 Å². The molecule has 0 saturated heterocycles. The number of aryl methyl sites for hydroxylation is 1. The summed E-state index contributed by atoms with van der Waals surface area (Å²) in [4.78, 5) is 20.3. The van der Waals surface area contributed by atoms with Crippen LogP contribution in [0.4, 0.5) is 0 Å². The molecule has 4 aromatic rings. The molecule has 0 amide bonds. The van der Waals surface area contributed by atoms with Crippen molar-refractivity contribution in [3.05, 3.63) is 88.6 Å². The van der Waals surface area contributed by atoms with E-state index in [4.69, 9.17) is 4.74 Å². The van der Waals surface area contributed by atoms with Crippen LogP contribution < -0.4 is 10.3 Å². The average Bonchev–Trinajstić information content (AvgIpc) is 3.10. The van der Waals surface area contributed by atoms with Gasteiger partial charge in [0, 0.05) is 18.7 Å². The number of ether oxygens (including phenoxy) is 1. The van der Waals surface area contributed by atoms with Crippen LogP contribution in [-0.4, -0.2) is 14.5 Å². The van der Waals surface area contributed by atoms with Crippen LogP contribution in [0.15, 0.2) is 71.7 Å². The summed E-state index contributed by atoms with van der Waals surface area (Å²) in [5.41, 5.74) is 3.55. The highest BCUT2D eigenvalue weighted by atomic mass is 16.5. The Morgan fingerprint density at radius 3 is 2.69 bits per heavy atom. The molecule has 0 fully saturated rings. The zero-order chi connectivity index (χ0) is 17.9. The van der Waals surface area contributed by atoms with Crippen molar-refractivity contribution in [1.82, 2.24) is 14.5 Å². The van der Waals surface area contributed by atoms with Gasteiger partial charge in [-0.15, -0.1) is 0 Å². The highest BCUT2D eigenvalue weighted by Crippen LogP contribution is 2.17. The van der Waals surface area contributed by atoms with Crippen molar-refractivity contribution in [3.63, 3.8) is 0 Å². The Balaban J connectivity index is 1.58. The molecule has 0 unspecified atom stereocenters. The van der Waals surface area contributed by atoms with Gasteiger partial charge in [0.05, 0.1) is 16.7 Å². The largest absolute Gasteiger partial charge is 0.489 e. The van der Waals surface area contributed by atoms with Gasteiger partial charge in [0.25, 0.3) is 5.56 Å². The summed E-state index contributed by atoms with van der Waals surface area (Å²) in [5.74, 6) is 1.50. The Hall–Kier alpha value is -3.34. The molecule has 0 aliphatic rings. The summed E-state index contributed by atoms with van der Waals surface area (Å²) in [5, 5.41) is 0. The van der Waals surface area contributed by atoms with E-state index in [0.717, 1.165) is 34.5 Å². The topological polar surface area (TPSA) is 59.9 Å². The van der Waals surface area contributed by atoms with Crippen molar-refractivity contribution in [2.75, 3.05) is 0 Å². The zero-order valence-corrected chi connectivity index (χ0v) is 14.5. The number of rotatable bonds is 5. The maximum Gasteiger partial charge on any atom is 0.258 e. The van der Waals surface area contributed by atoms with Crippen LogP contribution in [0.3, 0.4) is 0 Å². The summed E-state index contributed by atoms with van der Waals surface area (Å²) in [7, 11) is 0. The average molecular weight is 345 g/mol. The molecule has 2 aromatic heterocycles. The lowest BCUT2D eigenvalue weighted by Gasteiger charge is -2.09. The van der Waals surface area contributed by atoms with Gasteiger partial charge in [-0.1, -0.05) is 37.3 Å². The first kappa shape index (κ1) is 16.1. The SMILES string of the molecule is CCc1nc2ccc(-n3ccc(OCc4ccccc4)cc3=O)cc2[nH]1. The van der Waals surface area contributed by atoms with Crippen LogP contribution in [0.2, 0.25) is 0 Å². The molecule has 0 spiro atoms. The fourth-order valence-electron chi connectivity index (χ4n) is 2.87. The van der Waals surface area contributed by atoms with Crippen LogP contribution >= 0.6 is 0 Å². The third-order valence-corrected chi connectivity index (χ3v) is 4.27. The van der Waals surface area contributed by atoms with Gasteiger partial charge in [-0.25, -0.2) is 4.98 Å². The van der Waals surface area contributed by atoms with Crippen molar-refractivity contribution in [1.29, 1.82) is 0 Å². The van der Waals surface area contributed by atoms with Crippen LogP contribution in [-0.2, 0) is 13.0 Å². The Labute approximate surface area is 150 Å². The molecule has 4 rings (SSSR count). The quantitative estimate of drug-likeness (QED) is 0.597. The standard InChI is InChI=1S/C21H19N3O2/c1-2-20-22-18-9-8-16(12-19(18)23-20)24-11-10-17(13-21(24)25)26-14-15-6-4-3-5-7-15/h3-13H,2,14H2,1H3,(H,22,23). The summed E-state index contributed by atoms with van der Waals surface area (Å²) < 4.78 is 7.32. The molecule has 0 radical (unpaired) electrons. The van der Waals surface area contributed by atoms with Gasteiger partial charge in [-0.05, 0) is 29.8 Å². The zero-order valence-electron chi connectivity index (χ0n) is 14.5. The number of aromatic amines is 1. The van der Waals surface area contributed by atoms with Gasteiger partial charge in [-0.3, -0.25) is 9.36 Å². The molecule has 0 bridgehead atoms. The van der Waals surface area contributed by atoms with Crippen LogP contribution in [0.5, 0.6) is 5.75 Å². The summed E-state index contributed by atoms with van der Waals surface area (Å²) in [6.45, 7) is 2.49. The Morgan fingerprint density at radius 1 is 1.08 bits per heavy atom. The predicted molar refractivity (Wildman–Crippen MR) is 102 cm³/mol. The third-order valence-electron chi connectivity index (χ3n) is 4.27. The van der Waals surface area contributed by atoms with Crippen LogP contribution in [0.1, 0.15) is 18.3 Å². The highest BCUT2D eigenvalue weighted by Gasteiger charge is 2.06. The second kappa shape index (κ2) is 6.88. The number of hydrogen-bond donors (Lipinski definition) is 1. The van der Waals surface area contributed by atoms with Gasteiger partial charge in [-0.2, -0.15) is 0 Å². The lowest BCUT2D eigenvalue weighted by atomic mass is 10.2. The van der Waals surface area contributed by atoms with E-state index in [9.17, 15) is 4.79 Å². The van der Waals surface area contributed by atoms with Gasteiger partial charge < -0.3 is 9.72 Å². The maximum atomic E-state index is 12.5. The number of aromatic nitrogens is 3. The number of benzene rings is 2. The number of nitrogens with zero attached hydrogens (tertiary/aromatic N) is 2. The van der Waals surface area contributed by atoms with Crippen molar-refractivity contribution in [2.45, 2.75) is 20.0 Å². The van der Waals surface area contributed by atoms with E-state index in [2.05, 4.69) is 16.9 Å². The minimum absolute atomic E-state index is 0.134. The second-order valence-corrected chi connectivity index (χ2v) is 6.08. The third kappa shape index (κ3) is 3.24. The Morgan fingerprint density at radius 2 is 1.92 bits per heavy atom. The lowest BCUT2D eigenvalue weighted by Crippen LogP contribution is -2.16. The smallest absolute Gasteiger partial charge is 0.258 e. The molecule has 0 aliphatic carbocycles. The number of H-pyrrole nitrogens is 1. The fraction of sp³-hybridized carbons (Fsp3) is 0.143. The molecule has 1 N–H and O–H groups in total. The maximum absolute atomic E-state index is 12.5. The molecule has 26 heavy (non-hydrogen) atoms.